The summed E-state index contributed by atoms with van der Waals surface area (Å²) < 4.78 is 5.67. The number of carbonyl (C=O) groups is 1. The fraction of sp³-hybridized carbons (Fsp3) is 0. The second-order valence-electron chi connectivity index (χ2n) is 3.72. The fourth-order valence-electron chi connectivity index (χ4n) is 1.45. The highest BCUT2D eigenvalue weighted by molar-refractivity contribution is 5.81. The summed E-state index contributed by atoms with van der Waals surface area (Å²) in [5, 5.41) is 3.68. The first kappa shape index (κ1) is 12.6. The molecule has 2 aromatic rings. The zero-order valence-corrected chi connectivity index (χ0v) is 10.1. The number of nitrogens with zero attached hydrogens (tertiary/aromatic N) is 1. The second kappa shape index (κ2) is 6.20. The van der Waals surface area contributed by atoms with Gasteiger partial charge >= 0.3 is 6.03 Å². The molecule has 3 N–H and O–H groups in total. The molecule has 0 saturated carbocycles. The number of urea groups is 1. The number of hydrogen-bond acceptors (Lipinski definition) is 3. The number of ether oxygens (including phenoxy) is 1. The van der Waals surface area contributed by atoms with E-state index in [1.54, 1.807) is 6.07 Å². The molecule has 0 aromatic heterocycles. The third kappa shape index (κ3) is 4.16. The highest BCUT2D eigenvalue weighted by Gasteiger charge is 1.97. The van der Waals surface area contributed by atoms with Gasteiger partial charge in [0.05, 0.1) is 6.21 Å². The Labute approximate surface area is 110 Å². The first-order chi connectivity index (χ1) is 9.24. The van der Waals surface area contributed by atoms with Gasteiger partial charge in [-0.3, -0.25) is 0 Å². The summed E-state index contributed by atoms with van der Waals surface area (Å²) in [5.41, 5.74) is 7.82. The molecule has 2 amide bonds. The molecule has 0 aliphatic rings. The summed E-state index contributed by atoms with van der Waals surface area (Å²) in [7, 11) is 0. The highest BCUT2D eigenvalue weighted by Crippen LogP contribution is 2.21. The number of amides is 2. The summed E-state index contributed by atoms with van der Waals surface area (Å²) in [6.45, 7) is 0. The van der Waals surface area contributed by atoms with E-state index in [4.69, 9.17) is 10.5 Å². The molecule has 0 heterocycles. The van der Waals surface area contributed by atoms with Crippen LogP contribution in [-0.4, -0.2) is 12.2 Å². The summed E-state index contributed by atoms with van der Waals surface area (Å²) in [4.78, 5) is 10.5. The Hall–Kier alpha value is -2.82. The number of primary amides is 1. The largest absolute Gasteiger partial charge is 0.457 e. The minimum absolute atomic E-state index is 0.689. The first-order valence-electron chi connectivity index (χ1n) is 5.65. The lowest BCUT2D eigenvalue weighted by Crippen LogP contribution is -2.24. The normalized spacial score (nSPS) is 10.3. The molecule has 96 valence electrons. The van der Waals surface area contributed by atoms with Gasteiger partial charge in [0.15, 0.2) is 0 Å². The average Bonchev–Trinajstić information content (AvgIpc) is 2.40. The van der Waals surface area contributed by atoms with Crippen molar-refractivity contribution in [3.8, 4) is 11.5 Å². The van der Waals surface area contributed by atoms with Crippen LogP contribution in [0.3, 0.4) is 0 Å². The molecular weight excluding hydrogens is 242 g/mol. The lowest BCUT2D eigenvalue weighted by molar-refractivity contribution is 0.249. The van der Waals surface area contributed by atoms with Crippen LogP contribution in [0.2, 0.25) is 0 Å². The van der Waals surface area contributed by atoms with Crippen molar-refractivity contribution >= 4 is 12.2 Å². The monoisotopic (exact) mass is 255 g/mol. The molecule has 0 unspecified atom stereocenters. The van der Waals surface area contributed by atoms with Crippen LogP contribution in [0.15, 0.2) is 59.7 Å². The summed E-state index contributed by atoms with van der Waals surface area (Å²) in [6, 6.07) is 16.1. The van der Waals surface area contributed by atoms with E-state index < -0.39 is 6.03 Å². The van der Waals surface area contributed by atoms with Crippen LogP contribution in [-0.2, 0) is 0 Å². The van der Waals surface area contributed by atoms with Gasteiger partial charge in [-0.1, -0.05) is 30.3 Å². The van der Waals surface area contributed by atoms with Gasteiger partial charge in [-0.05, 0) is 29.8 Å². The van der Waals surface area contributed by atoms with Gasteiger partial charge < -0.3 is 10.5 Å². The molecule has 0 atom stereocenters. The molecule has 0 aliphatic carbocycles. The van der Waals surface area contributed by atoms with Gasteiger partial charge in [0.25, 0.3) is 0 Å². The molecule has 2 rings (SSSR count). The number of rotatable bonds is 4. The molecule has 5 heteroatoms. The third-order valence-corrected chi connectivity index (χ3v) is 2.23. The number of carbonyl (C=O) groups excluding carboxylic acids is 1. The Bertz CT molecular complexity index is 582. The van der Waals surface area contributed by atoms with E-state index in [9.17, 15) is 4.79 Å². The van der Waals surface area contributed by atoms with E-state index in [0.717, 1.165) is 11.3 Å². The molecule has 0 radical (unpaired) electrons. The van der Waals surface area contributed by atoms with Crippen molar-refractivity contribution in [2.45, 2.75) is 0 Å². The van der Waals surface area contributed by atoms with E-state index in [1.165, 1.54) is 6.21 Å². The van der Waals surface area contributed by atoms with Crippen LogP contribution in [0.4, 0.5) is 4.79 Å². The molecule has 0 bridgehead atoms. The van der Waals surface area contributed by atoms with Crippen LogP contribution in [0, 0.1) is 0 Å². The number of nitrogens with one attached hydrogen (secondary N) is 1. The van der Waals surface area contributed by atoms with Gasteiger partial charge in [-0.15, -0.1) is 0 Å². The topological polar surface area (TPSA) is 76.7 Å². The van der Waals surface area contributed by atoms with Crippen molar-refractivity contribution in [1.82, 2.24) is 5.43 Å². The van der Waals surface area contributed by atoms with Crippen molar-refractivity contribution in [3.05, 3.63) is 60.2 Å². The summed E-state index contributed by atoms with van der Waals surface area (Å²) >= 11 is 0. The van der Waals surface area contributed by atoms with Crippen LogP contribution >= 0.6 is 0 Å². The van der Waals surface area contributed by atoms with E-state index in [1.807, 2.05) is 48.5 Å². The number of nitrogens with two attached hydrogens (primary N) is 1. The van der Waals surface area contributed by atoms with Crippen LogP contribution in [0.1, 0.15) is 5.56 Å². The Kier molecular flexibility index (Phi) is 4.12. The molecule has 0 spiro atoms. The summed E-state index contributed by atoms with van der Waals surface area (Å²) in [6.07, 6.45) is 1.49. The molecule has 0 fully saturated rings. The van der Waals surface area contributed by atoms with Crippen LogP contribution in [0.5, 0.6) is 11.5 Å². The zero-order valence-electron chi connectivity index (χ0n) is 10.1. The minimum atomic E-state index is -0.701. The first-order valence-corrected chi connectivity index (χ1v) is 5.65. The van der Waals surface area contributed by atoms with Crippen molar-refractivity contribution in [1.29, 1.82) is 0 Å². The van der Waals surface area contributed by atoms with Crippen LogP contribution in [0.25, 0.3) is 0 Å². The molecule has 2 aromatic carbocycles. The number of hydrazone groups is 1. The smallest absolute Gasteiger partial charge is 0.332 e. The fourth-order valence-corrected chi connectivity index (χ4v) is 1.45. The zero-order chi connectivity index (χ0) is 13.5. The van der Waals surface area contributed by atoms with Crippen LogP contribution < -0.4 is 15.9 Å². The Morgan fingerprint density at radius 2 is 1.84 bits per heavy atom. The third-order valence-electron chi connectivity index (χ3n) is 2.23. The Balaban J connectivity index is 2.07. The predicted octanol–water partition coefficient (Wildman–Crippen LogP) is 2.48. The van der Waals surface area contributed by atoms with Crippen molar-refractivity contribution in [2.75, 3.05) is 0 Å². The number of para-hydroxylation sites is 1. The summed E-state index contributed by atoms with van der Waals surface area (Å²) in [5.74, 6) is 1.45. The van der Waals surface area contributed by atoms with Gasteiger partial charge in [0.1, 0.15) is 11.5 Å². The standard InChI is InChI=1S/C14H13N3O2/c15-14(18)17-16-10-11-5-4-8-13(9-11)19-12-6-2-1-3-7-12/h1-10H,(H3,15,17,18)/b16-10+. The maximum atomic E-state index is 10.5. The van der Waals surface area contributed by atoms with E-state index in [2.05, 4.69) is 10.5 Å². The van der Waals surface area contributed by atoms with Gasteiger partial charge in [0, 0.05) is 0 Å². The minimum Gasteiger partial charge on any atom is -0.457 e. The lowest BCUT2D eigenvalue weighted by atomic mass is 10.2. The number of hydrogen-bond donors (Lipinski definition) is 2. The maximum Gasteiger partial charge on any atom is 0.332 e. The highest BCUT2D eigenvalue weighted by atomic mass is 16.5. The molecule has 19 heavy (non-hydrogen) atoms. The van der Waals surface area contributed by atoms with Crippen molar-refractivity contribution in [2.24, 2.45) is 10.8 Å². The second-order valence-corrected chi connectivity index (χ2v) is 3.72. The predicted molar refractivity (Wildman–Crippen MR) is 73.3 cm³/mol. The maximum absolute atomic E-state index is 10.5. The van der Waals surface area contributed by atoms with Crippen molar-refractivity contribution < 1.29 is 9.53 Å². The molecule has 0 saturated heterocycles. The molecule has 5 nitrogen and oxygen atoms in total. The average molecular weight is 255 g/mol. The van der Waals surface area contributed by atoms with E-state index in [0.29, 0.717) is 5.75 Å². The van der Waals surface area contributed by atoms with Gasteiger partial charge in [-0.2, -0.15) is 5.10 Å². The van der Waals surface area contributed by atoms with Gasteiger partial charge in [0.2, 0.25) is 0 Å². The Morgan fingerprint density at radius 1 is 1.11 bits per heavy atom. The van der Waals surface area contributed by atoms with E-state index in [-0.39, 0.29) is 0 Å². The quantitative estimate of drug-likeness (QED) is 0.650. The van der Waals surface area contributed by atoms with Crippen molar-refractivity contribution in [3.63, 3.8) is 0 Å². The molecule has 0 aliphatic heterocycles. The van der Waals surface area contributed by atoms with Gasteiger partial charge in [-0.25, -0.2) is 10.2 Å². The van der Waals surface area contributed by atoms with E-state index >= 15 is 0 Å². The Morgan fingerprint density at radius 3 is 2.58 bits per heavy atom. The SMILES string of the molecule is NC(=O)N/N=C/c1cccc(Oc2ccccc2)c1. The number of benzene rings is 2. The lowest BCUT2D eigenvalue weighted by Gasteiger charge is -2.05. The molecular formula is C14H13N3O2.